The first kappa shape index (κ1) is 27.9. The molecule has 4 aliphatic rings. The van der Waals surface area contributed by atoms with Crippen LogP contribution in [0.15, 0.2) is 11.6 Å². The van der Waals surface area contributed by atoms with Gasteiger partial charge in [0.2, 0.25) is 0 Å². The van der Waals surface area contributed by atoms with Gasteiger partial charge in [-0.2, -0.15) is 0 Å². The van der Waals surface area contributed by atoms with Gasteiger partial charge in [-0.15, -0.1) is 0 Å². The van der Waals surface area contributed by atoms with Crippen LogP contribution in [0.2, 0.25) is 18.1 Å². The van der Waals surface area contributed by atoms with Gasteiger partial charge in [-0.25, -0.2) is 0 Å². The van der Waals surface area contributed by atoms with Gasteiger partial charge in [0.15, 0.2) is 8.32 Å². The van der Waals surface area contributed by atoms with Gasteiger partial charge in [-0.3, -0.25) is 0 Å². The van der Waals surface area contributed by atoms with E-state index in [1.807, 2.05) is 0 Å². The van der Waals surface area contributed by atoms with E-state index in [0.717, 1.165) is 35.5 Å². The van der Waals surface area contributed by atoms with Crippen molar-refractivity contribution in [1.29, 1.82) is 0 Å². The van der Waals surface area contributed by atoms with E-state index in [9.17, 15) is 0 Å². The summed E-state index contributed by atoms with van der Waals surface area (Å²) in [5.41, 5.74) is 2.83. The quantitative estimate of drug-likeness (QED) is 0.249. The largest absolute Gasteiger partial charge is 0.414 e. The predicted molar refractivity (Wildman–Crippen MR) is 155 cm³/mol. The summed E-state index contributed by atoms with van der Waals surface area (Å²) in [5.74, 6) is 5.56. The Bertz CT molecular complexity index is 774. The number of fused-ring (bicyclic) bond motifs is 5. The summed E-state index contributed by atoms with van der Waals surface area (Å²) in [6.45, 7) is 24.8. The zero-order valence-electron chi connectivity index (χ0n) is 25.3. The van der Waals surface area contributed by atoms with Crippen molar-refractivity contribution in [2.75, 3.05) is 0 Å². The molecule has 0 saturated heterocycles. The normalized spacial score (nSPS) is 40.7. The molecular weight excluding hydrogens is 440 g/mol. The SMILES string of the molecule is CC(C)CCC[C@@H](C)C1CC[C@H]2[C@@H]3CC=C4C[C@@H](O[Si](C)(C)C(C)(C)C)CCC4(C)C3CCC12C. The van der Waals surface area contributed by atoms with Gasteiger partial charge in [0, 0.05) is 6.10 Å². The second-order valence-electron chi connectivity index (χ2n) is 16.0. The highest BCUT2D eigenvalue weighted by atomic mass is 28.4. The Morgan fingerprint density at radius 1 is 0.971 bits per heavy atom. The van der Waals surface area contributed by atoms with E-state index < -0.39 is 8.32 Å². The van der Waals surface area contributed by atoms with E-state index in [1.54, 1.807) is 5.57 Å². The lowest BCUT2D eigenvalue weighted by molar-refractivity contribution is -0.0565. The van der Waals surface area contributed by atoms with Gasteiger partial charge in [0.1, 0.15) is 0 Å². The third-order valence-electron chi connectivity index (χ3n) is 12.5. The Labute approximate surface area is 220 Å². The van der Waals surface area contributed by atoms with Crippen LogP contribution in [0.1, 0.15) is 126 Å². The molecule has 0 radical (unpaired) electrons. The lowest BCUT2D eigenvalue weighted by atomic mass is 9.47. The molecule has 0 aromatic heterocycles. The van der Waals surface area contributed by atoms with Crippen LogP contribution in [0.25, 0.3) is 0 Å². The van der Waals surface area contributed by atoms with Crippen LogP contribution < -0.4 is 0 Å². The van der Waals surface area contributed by atoms with E-state index in [0.29, 0.717) is 22.0 Å². The van der Waals surface area contributed by atoms with Crippen molar-refractivity contribution in [2.24, 2.45) is 46.3 Å². The van der Waals surface area contributed by atoms with Crippen molar-refractivity contribution in [1.82, 2.24) is 0 Å². The van der Waals surface area contributed by atoms with E-state index in [4.69, 9.17) is 4.43 Å². The molecule has 0 aromatic rings. The highest BCUT2D eigenvalue weighted by molar-refractivity contribution is 6.74. The molecule has 2 heteroatoms. The second-order valence-corrected chi connectivity index (χ2v) is 20.8. The topological polar surface area (TPSA) is 9.23 Å². The standard InChI is InChI=1S/C33H60OSi/c1-23(2)12-11-13-24(3)28-16-17-29-27-15-14-25-22-26(34-35(9,10)31(4,5)6)18-20-32(25,7)30(27)19-21-33(28,29)8/h14,23-24,26-30H,11-13,15-22H2,1-10H3/t24-,26+,27+,28?,29+,30?,32?,33?/m1/s1. The lowest BCUT2D eigenvalue weighted by Gasteiger charge is -2.59. The molecule has 35 heavy (non-hydrogen) atoms. The van der Waals surface area contributed by atoms with Crippen LogP contribution >= 0.6 is 0 Å². The fourth-order valence-electron chi connectivity index (χ4n) is 9.35. The molecule has 3 fully saturated rings. The molecule has 4 unspecified atom stereocenters. The van der Waals surface area contributed by atoms with Gasteiger partial charge >= 0.3 is 0 Å². The molecule has 4 aliphatic carbocycles. The van der Waals surface area contributed by atoms with E-state index >= 15 is 0 Å². The van der Waals surface area contributed by atoms with Gasteiger partial charge in [-0.1, -0.05) is 86.3 Å². The van der Waals surface area contributed by atoms with Crippen LogP contribution in [0, 0.1) is 46.3 Å². The molecule has 0 N–H and O–H groups in total. The molecule has 0 bridgehead atoms. The fraction of sp³-hybridized carbons (Fsp3) is 0.939. The molecule has 0 aliphatic heterocycles. The van der Waals surface area contributed by atoms with Crippen molar-refractivity contribution in [3.8, 4) is 0 Å². The molecule has 0 heterocycles. The third kappa shape index (κ3) is 5.15. The van der Waals surface area contributed by atoms with Crippen LogP contribution in [-0.2, 0) is 4.43 Å². The summed E-state index contributed by atoms with van der Waals surface area (Å²) in [6.07, 6.45) is 18.7. The first-order valence-electron chi connectivity index (χ1n) is 15.6. The molecule has 0 spiro atoms. The maximum absolute atomic E-state index is 6.94. The summed E-state index contributed by atoms with van der Waals surface area (Å²) < 4.78 is 6.94. The molecule has 202 valence electrons. The summed E-state index contributed by atoms with van der Waals surface area (Å²) in [4.78, 5) is 0. The molecule has 3 saturated carbocycles. The molecule has 1 nitrogen and oxygen atoms in total. The van der Waals surface area contributed by atoms with E-state index in [1.165, 1.54) is 70.6 Å². The zero-order valence-corrected chi connectivity index (χ0v) is 26.3. The lowest BCUT2D eigenvalue weighted by Crippen LogP contribution is -2.52. The van der Waals surface area contributed by atoms with Crippen LogP contribution in [-0.4, -0.2) is 14.4 Å². The maximum Gasteiger partial charge on any atom is 0.192 e. The fourth-order valence-corrected chi connectivity index (χ4v) is 10.7. The van der Waals surface area contributed by atoms with Gasteiger partial charge < -0.3 is 4.43 Å². The van der Waals surface area contributed by atoms with Crippen LogP contribution in [0.5, 0.6) is 0 Å². The first-order chi connectivity index (χ1) is 16.2. The average molecular weight is 501 g/mol. The summed E-state index contributed by atoms with van der Waals surface area (Å²) in [6, 6.07) is 0. The highest BCUT2D eigenvalue weighted by Crippen LogP contribution is 2.67. The summed E-state index contributed by atoms with van der Waals surface area (Å²) >= 11 is 0. The molecule has 8 atom stereocenters. The Morgan fingerprint density at radius 3 is 2.34 bits per heavy atom. The Hall–Kier alpha value is -0.0831. The van der Waals surface area contributed by atoms with Crippen molar-refractivity contribution >= 4 is 8.32 Å². The van der Waals surface area contributed by atoms with Crippen molar-refractivity contribution < 1.29 is 4.43 Å². The monoisotopic (exact) mass is 500 g/mol. The second kappa shape index (κ2) is 9.90. The number of rotatable bonds is 7. The minimum Gasteiger partial charge on any atom is -0.414 e. The van der Waals surface area contributed by atoms with Crippen molar-refractivity contribution in [3.63, 3.8) is 0 Å². The van der Waals surface area contributed by atoms with E-state index in [2.05, 4.69) is 74.6 Å². The minimum absolute atomic E-state index is 0.304. The van der Waals surface area contributed by atoms with Crippen molar-refractivity contribution in [2.45, 2.75) is 150 Å². The van der Waals surface area contributed by atoms with Crippen molar-refractivity contribution in [3.05, 3.63) is 11.6 Å². The molecule has 0 amide bonds. The minimum atomic E-state index is -1.70. The number of hydrogen-bond acceptors (Lipinski definition) is 1. The van der Waals surface area contributed by atoms with Gasteiger partial charge in [0.05, 0.1) is 0 Å². The highest BCUT2D eigenvalue weighted by Gasteiger charge is 2.59. The van der Waals surface area contributed by atoms with E-state index in [-0.39, 0.29) is 0 Å². The number of hydrogen-bond donors (Lipinski definition) is 0. The Balaban J connectivity index is 1.45. The van der Waals surface area contributed by atoms with Crippen LogP contribution in [0.4, 0.5) is 0 Å². The summed E-state index contributed by atoms with van der Waals surface area (Å²) in [5, 5.41) is 0.304. The average Bonchev–Trinajstić information content (AvgIpc) is 3.10. The van der Waals surface area contributed by atoms with Gasteiger partial charge in [-0.05, 0) is 116 Å². The zero-order chi connectivity index (χ0) is 25.8. The summed E-state index contributed by atoms with van der Waals surface area (Å²) in [7, 11) is -1.70. The smallest absolute Gasteiger partial charge is 0.192 e. The molecule has 0 aromatic carbocycles. The number of allylic oxidation sites excluding steroid dienone is 1. The first-order valence-corrected chi connectivity index (χ1v) is 18.5. The molecular formula is C33H60OSi. The molecule has 4 rings (SSSR count). The van der Waals surface area contributed by atoms with Crippen LogP contribution in [0.3, 0.4) is 0 Å². The van der Waals surface area contributed by atoms with Gasteiger partial charge in [0.25, 0.3) is 0 Å². The Morgan fingerprint density at radius 2 is 1.69 bits per heavy atom. The maximum atomic E-state index is 6.94. The third-order valence-corrected chi connectivity index (χ3v) is 17.1. The predicted octanol–water partition coefficient (Wildman–Crippen LogP) is 10.4. The Kier molecular flexibility index (Phi) is 7.91.